The van der Waals surface area contributed by atoms with Gasteiger partial charge in [-0.05, 0) is 100 Å². The SMILES string of the molecule is CCO[SiH](OCC)OCC.C[C@]12CC[C@H]3[C@@H](CCC4=CC(=O)CC[C@@]43C)[C@@H]1CC[C@@H]2O. The fourth-order valence-corrected chi connectivity index (χ4v) is 8.19. The van der Waals surface area contributed by atoms with Crippen molar-refractivity contribution in [2.75, 3.05) is 19.8 Å². The molecule has 3 saturated carbocycles. The van der Waals surface area contributed by atoms with Crippen LogP contribution in [0.5, 0.6) is 0 Å². The van der Waals surface area contributed by atoms with Crippen molar-refractivity contribution in [1.82, 2.24) is 0 Å². The number of allylic oxidation sites excluding steroid dienone is 1. The van der Waals surface area contributed by atoms with E-state index in [1.807, 2.05) is 26.8 Å². The number of ketones is 1. The first-order chi connectivity index (χ1) is 14.8. The summed E-state index contributed by atoms with van der Waals surface area (Å²) < 4.78 is 15.7. The quantitative estimate of drug-likeness (QED) is 0.592. The molecule has 0 aromatic rings. The number of carbonyl (C=O) groups excluding carboxylic acids is 1. The van der Waals surface area contributed by atoms with Crippen molar-refractivity contribution >= 4 is 15.3 Å². The number of fused-ring (bicyclic) bond motifs is 5. The molecule has 1 N–H and O–H groups in total. The predicted octanol–water partition coefficient (Wildman–Crippen LogP) is 4.69. The van der Waals surface area contributed by atoms with Crippen LogP contribution in [0, 0.1) is 28.6 Å². The van der Waals surface area contributed by atoms with Gasteiger partial charge in [0, 0.05) is 26.2 Å². The van der Waals surface area contributed by atoms with Gasteiger partial charge in [0.15, 0.2) is 5.78 Å². The molecule has 6 atom stereocenters. The van der Waals surface area contributed by atoms with Crippen LogP contribution in [0.4, 0.5) is 0 Å². The van der Waals surface area contributed by atoms with Crippen LogP contribution in [-0.2, 0) is 18.1 Å². The summed E-state index contributed by atoms with van der Waals surface area (Å²) in [7, 11) is -1.73. The van der Waals surface area contributed by atoms with E-state index < -0.39 is 9.53 Å². The van der Waals surface area contributed by atoms with Crippen molar-refractivity contribution in [2.45, 2.75) is 92.1 Å². The highest BCUT2D eigenvalue weighted by Gasteiger charge is 2.58. The second-order valence-corrected chi connectivity index (χ2v) is 11.8. The minimum Gasteiger partial charge on any atom is -0.393 e. The van der Waals surface area contributed by atoms with Crippen molar-refractivity contribution in [3.8, 4) is 0 Å². The van der Waals surface area contributed by atoms with Crippen LogP contribution in [0.1, 0.15) is 86.0 Å². The summed E-state index contributed by atoms with van der Waals surface area (Å²) in [5.41, 5.74) is 1.89. The summed E-state index contributed by atoms with van der Waals surface area (Å²) in [6.45, 7) is 12.6. The number of aliphatic hydroxyl groups excluding tert-OH is 1. The molecule has 0 radical (unpaired) electrons. The Morgan fingerprint density at radius 1 is 0.935 bits per heavy atom. The number of aliphatic hydroxyl groups is 1. The summed E-state index contributed by atoms with van der Waals surface area (Å²) in [4.78, 5) is 11.8. The Balaban J connectivity index is 0.000000233. The Morgan fingerprint density at radius 2 is 1.58 bits per heavy atom. The molecular weight excluding hydrogens is 408 g/mol. The van der Waals surface area contributed by atoms with Gasteiger partial charge < -0.3 is 18.4 Å². The first kappa shape index (κ1) is 25.1. The number of hydrogen-bond donors (Lipinski definition) is 1. The van der Waals surface area contributed by atoms with Crippen LogP contribution in [0.3, 0.4) is 0 Å². The van der Waals surface area contributed by atoms with E-state index in [0.29, 0.717) is 31.5 Å². The van der Waals surface area contributed by atoms with Gasteiger partial charge in [-0.3, -0.25) is 4.79 Å². The molecule has 4 rings (SSSR count). The maximum absolute atomic E-state index is 11.8. The van der Waals surface area contributed by atoms with Crippen LogP contribution >= 0.6 is 0 Å². The highest BCUT2D eigenvalue weighted by Crippen LogP contribution is 2.65. The summed E-state index contributed by atoms with van der Waals surface area (Å²) in [6.07, 6.45) is 10.7. The van der Waals surface area contributed by atoms with Crippen LogP contribution in [-0.4, -0.2) is 46.3 Å². The standard InChI is InChI=1S/C19H28O2.C6H16O3Si/c1-18-9-7-13(20)11-12(18)3-4-14-15-5-6-17(21)19(15,2)10-8-16(14)18;1-4-7-10(8-5-2)9-6-3/h11,14-17,21H,3-10H2,1-2H3;10H,4-6H2,1-3H3/t14-,15-,16-,17-,18-,19-;/m0./s1. The molecule has 0 aromatic heterocycles. The topological polar surface area (TPSA) is 65.0 Å². The Bertz CT molecular complexity index is 638. The molecule has 0 unspecified atom stereocenters. The van der Waals surface area contributed by atoms with Crippen LogP contribution in [0.2, 0.25) is 0 Å². The molecule has 6 heteroatoms. The van der Waals surface area contributed by atoms with Gasteiger partial charge in [0.1, 0.15) is 0 Å². The second-order valence-electron chi connectivity index (χ2n) is 10.3. The third-order valence-electron chi connectivity index (χ3n) is 8.82. The van der Waals surface area contributed by atoms with E-state index in [1.54, 1.807) is 0 Å². The summed E-state index contributed by atoms with van der Waals surface area (Å²) >= 11 is 0. The van der Waals surface area contributed by atoms with Gasteiger partial charge in [0.05, 0.1) is 6.10 Å². The van der Waals surface area contributed by atoms with Gasteiger partial charge in [0.2, 0.25) is 0 Å². The fourth-order valence-electron chi connectivity index (χ4n) is 7.08. The summed E-state index contributed by atoms with van der Waals surface area (Å²) in [5, 5.41) is 10.4. The molecule has 0 aliphatic heterocycles. The van der Waals surface area contributed by atoms with E-state index in [1.165, 1.54) is 31.3 Å². The summed E-state index contributed by atoms with van der Waals surface area (Å²) in [6, 6.07) is 0. The Kier molecular flexibility index (Phi) is 8.58. The predicted molar refractivity (Wildman–Crippen MR) is 125 cm³/mol. The van der Waals surface area contributed by atoms with Crippen LogP contribution in [0.15, 0.2) is 11.6 Å². The molecule has 5 nitrogen and oxygen atoms in total. The zero-order valence-corrected chi connectivity index (χ0v) is 21.5. The average Bonchev–Trinajstić information content (AvgIpc) is 3.04. The fraction of sp³-hybridized carbons (Fsp3) is 0.880. The monoisotopic (exact) mass is 452 g/mol. The number of rotatable bonds is 6. The zero-order valence-electron chi connectivity index (χ0n) is 20.3. The average molecular weight is 453 g/mol. The molecular formula is C25H44O5Si. The van der Waals surface area contributed by atoms with Crippen molar-refractivity contribution in [3.05, 3.63) is 11.6 Å². The third kappa shape index (κ3) is 5.03. The second kappa shape index (κ2) is 10.6. The summed E-state index contributed by atoms with van der Waals surface area (Å²) in [5.74, 6) is 2.57. The van der Waals surface area contributed by atoms with Gasteiger partial charge in [-0.1, -0.05) is 19.4 Å². The minimum atomic E-state index is -1.73. The van der Waals surface area contributed by atoms with Gasteiger partial charge in [-0.25, -0.2) is 0 Å². The highest BCUT2D eigenvalue weighted by atomic mass is 28.3. The van der Waals surface area contributed by atoms with Gasteiger partial charge in [-0.2, -0.15) is 0 Å². The first-order valence-corrected chi connectivity index (χ1v) is 14.0. The molecule has 0 bridgehead atoms. The maximum atomic E-state index is 11.8. The molecule has 0 saturated heterocycles. The molecule has 4 aliphatic rings. The van der Waals surface area contributed by atoms with E-state index in [-0.39, 0.29) is 16.9 Å². The Morgan fingerprint density at radius 3 is 2.19 bits per heavy atom. The normalized spacial score (nSPS) is 39.2. The molecule has 0 aromatic carbocycles. The third-order valence-corrected chi connectivity index (χ3v) is 10.6. The largest absolute Gasteiger partial charge is 0.484 e. The van der Waals surface area contributed by atoms with Crippen molar-refractivity contribution in [3.63, 3.8) is 0 Å². The van der Waals surface area contributed by atoms with Crippen LogP contribution in [0.25, 0.3) is 0 Å². The lowest BCUT2D eigenvalue weighted by Gasteiger charge is -2.57. The molecule has 0 heterocycles. The molecule has 178 valence electrons. The van der Waals surface area contributed by atoms with E-state index in [4.69, 9.17) is 13.3 Å². The zero-order chi connectivity index (χ0) is 22.6. The lowest BCUT2D eigenvalue weighted by molar-refractivity contribution is -0.118. The van der Waals surface area contributed by atoms with Crippen molar-refractivity contribution in [1.29, 1.82) is 0 Å². The van der Waals surface area contributed by atoms with Gasteiger partial charge in [0.25, 0.3) is 0 Å². The van der Waals surface area contributed by atoms with E-state index in [9.17, 15) is 9.90 Å². The molecule has 0 amide bonds. The Labute approximate surface area is 190 Å². The van der Waals surface area contributed by atoms with Gasteiger partial charge >= 0.3 is 9.53 Å². The smallest absolute Gasteiger partial charge is 0.393 e. The lowest BCUT2D eigenvalue weighted by Crippen LogP contribution is -2.51. The van der Waals surface area contributed by atoms with Crippen molar-refractivity contribution in [2.24, 2.45) is 28.6 Å². The molecule has 3 fully saturated rings. The first-order valence-electron chi connectivity index (χ1n) is 12.6. The minimum absolute atomic E-state index is 0.0823. The Hall–Kier alpha value is -0.533. The van der Waals surface area contributed by atoms with E-state index in [0.717, 1.165) is 37.5 Å². The molecule has 4 aliphatic carbocycles. The maximum Gasteiger partial charge on any atom is 0.484 e. The van der Waals surface area contributed by atoms with Crippen LogP contribution < -0.4 is 0 Å². The molecule has 31 heavy (non-hydrogen) atoms. The van der Waals surface area contributed by atoms with E-state index >= 15 is 0 Å². The lowest BCUT2D eigenvalue weighted by atomic mass is 9.47. The molecule has 0 spiro atoms. The van der Waals surface area contributed by atoms with E-state index in [2.05, 4.69) is 13.8 Å². The highest BCUT2D eigenvalue weighted by molar-refractivity contribution is 6.36. The number of carbonyl (C=O) groups is 1. The number of hydrogen-bond acceptors (Lipinski definition) is 5. The van der Waals surface area contributed by atoms with Crippen molar-refractivity contribution < 1.29 is 23.2 Å². The van der Waals surface area contributed by atoms with Gasteiger partial charge in [-0.15, -0.1) is 0 Å².